The Kier molecular flexibility index (Phi) is 6.66. The first-order valence-electron chi connectivity index (χ1n) is 5.70. The molecule has 0 aromatic carbocycles. The number of aliphatic carboxylic acids is 1. The molecule has 0 aromatic heterocycles. The van der Waals surface area contributed by atoms with E-state index in [9.17, 15) is 13.2 Å². The first-order chi connectivity index (χ1) is 7.72. The van der Waals surface area contributed by atoms with Crippen LogP contribution in [0.3, 0.4) is 0 Å². The van der Waals surface area contributed by atoms with Crippen molar-refractivity contribution >= 4 is 16.2 Å². The number of carboxylic acids is 1. The van der Waals surface area contributed by atoms with Gasteiger partial charge in [-0.3, -0.25) is 4.79 Å². The molecular weight excluding hydrogens is 244 g/mol. The van der Waals surface area contributed by atoms with Crippen molar-refractivity contribution in [3.63, 3.8) is 0 Å². The summed E-state index contributed by atoms with van der Waals surface area (Å²) in [5, 5.41) is 8.94. The smallest absolute Gasteiger partial charge is 0.321 e. The number of rotatable bonds is 8. The van der Waals surface area contributed by atoms with Crippen LogP contribution in [0.1, 0.15) is 40.0 Å². The van der Waals surface area contributed by atoms with E-state index in [0.717, 1.165) is 10.7 Å². The van der Waals surface area contributed by atoms with Gasteiger partial charge in [0.15, 0.2) is 0 Å². The molecule has 0 aliphatic rings. The van der Waals surface area contributed by atoms with E-state index in [0.29, 0.717) is 12.8 Å². The quantitative estimate of drug-likeness (QED) is 0.680. The lowest BCUT2D eigenvalue weighted by Gasteiger charge is -2.23. The molecule has 1 unspecified atom stereocenters. The van der Waals surface area contributed by atoms with Crippen molar-refractivity contribution in [1.29, 1.82) is 0 Å². The molecule has 0 fully saturated rings. The molecule has 0 aliphatic heterocycles. The van der Waals surface area contributed by atoms with Crippen molar-refractivity contribution in [3.05, 3.63) is 0 Å². The van der Waals surface area contributed by atoms with Gasteiger partial charge in [-0.1, -0.05) is 19.8 Å². The molecule has 0 spiro atoms. The summed E-state index contributed by atoms with van der Waals surface area (Å²) >= 11 is 0. The molecular formula is C10H22N2O4S. The Labute approximate surface area is 103 Å². The minimum atomic E-state index is -3.73. The van der Waals surface area contributed by atoms with Gasteiger partial charge in [0.05, 0.1) is 0 Å². The fraction of sp³-hybridized carbons (Fsp3) is 0.900. The molecule has 1 atom stereocenters. The second-order valence-corrected chi connectivity index (χ2v) is 6.03. The summed E-state index contributed by atoms with van der Waals surface area (Å²) in [4.78, 5) is 10.9. The predicted octanol–water partition coefficient (Wildman–Crippen LogP) is 0.804. The van der Waals surface area contributed by atoms with Crippen molar-refractivity contribution in [2.24, 2.45) is 0 Å². The van der Waals surface area contributed by atoms with Gasteiger partial charge < -0.3 is 5.11 Å². The second kappa shape index (κ2) is 6.93. The molecule has 0 aliphatic carbocycles. The lowest BCUT2D eigenvalue weighted by Crippen LogP contribution is -2.48. The Hall–Kier alpha value is -0.660. The highest BCUT2D eigenvalue weighted by Gasteiger charge is 2.27. The molecule has 0 saturated heterocycles. The molecule has 0 saturated carbocycles. The number of unbranched alkanes of at least 4 members (excludes halogenated alkanes) is 1. The van der Waals surface area contributed by atoms with Gasteiger partial charge in [-0.15, -0.1) is 0 Å². The van der Waals surface area contributed by atoms with Crippen LogP contribution in [-0.2, 0) is 15.0 Å². The Bertz CT molecular complexity index is 340. The maximum absolute atomic E-state index is 11.8. The molecule has 17 heavy (non-hydrogen) atoms. The number of hydrogen-bond donors (Lipinski definition) is 2. The molecule has 7 heteroatoms. The molecule has 0 rings (SSSR count). The van der Waals surface area contributed by atoms with Crippen LogP contribution >= 0.6 is 0 Å². The molecule has 0 aromatic rings. The lowest BCUT2D eigenvalue weighted by atomic mass is 10.1. The van der Waals surface area contributed by atoms with Gasteiger partial charge in [-0.05, 0) is 20.3 Å². The highest BCUT2D eigenvalue weighted by atomic mass is 32.2. The number of nitrogens with one attached hydrogen (secondary N) is 1. The maximum atomic E-state index is 11.8. The normalized spacial score (nSPS) is 14.2. The summed E-state index contributed by atoms with van der Waals surface area (Å²) in [5.74, 6) is -1.14. The van der Waals surface area contributed by atoms with E-state index in [1.54, 1.807) is 13.8 Å². The van der Waals surface area contributed by atoms with E-state index in [1.165, 1.54) is 7.05 Å². The molecule has 0 bridgehead atoms. The number of carboxylic acid groups (broad SMARTS) is 1. The number of hydrogen-bond acceptors (Lipinski definition) is 3. The van der Waals surface area contributed by atoms with Crippen molar-refractivity contribution < 1.29 is 18.3 Å². The number of nitrogens with zero attached hydrogens (tertiary/aromatic N) is 1. The summed E-state index contributed by atoms with van der Waals surface area (Å²) in [6, 6.07) is -1.27. The third-order valence-corrected chi connectivity index (χ3v) is 4.30. The Morgan fingerprint density at radius 1 is 1.41 bits per heavy atom. The standard InChI is InChI=1S/C10H22N2O4S/c1-5-6-7-9(10(13)14)11-17(15,16)12(4)8(2)3/h8-9,11H,5-7H2,1-4H3,(H,13,14). The van der Waals surface area contributed by atoms with Gasteiger partial charge in [0, 0.05) is 13.1 Å². The second-order valence-electron chi connectivity index (χ2n) is 4.27. The van der Waals surface area contributed by atoms with Crippen molar-refractivity contribution in [1.82, 2.24) is 9.03 Å². The summed E-state index contributed by atoms with van der Waals surface area (Å²) in [5.41, 5.74) is 0. The summed E-state index contributed by atoms with van der Waals surface area (Å²) in [7, 11) is -2.31. The van der Waals surface area contributed by atoms with Crippen molar-refractivity contribution in [2.75, 3.05) is 7.05 Å². The van der Waals surface area contributed by atoms with Gasteiger partial charge in [0.1, 0.15) is 6.04 Å². The maximum Gasteiger partial charge on any atom is 0.321 e. The molecule has 0 radical (unpaired) electrons. The summed E-state index contributed by atoms with van der Waals surface area (Å²) in [6.45, 7) is 5.37. The van der Waals surface area contributed by atoms with E-state index < -0.39 is 22.2 Å². The van der Waals surface area contributed by atoms with Gasteiger partial charge >= 0.3 is 5.97 Å². The third-order valence-electron chi connectivity index (χ3n) is 2.54. The van der Waals surface area contributed by atoms with Crippen LogP contribution in [0, 0.1) is 0 Å². The van der Waals surface area contributed by atoms with E-state index in [2.05, 4.69) is 4.72 Å². The van der Waals surface area contributed by atoms with Crippen LogP contribution < -0.4 is 4.72 Å². The number of carbonyl (C=O) groups is 1. The predicted molar refractivity (Wildman–Crippen MR) is 65.9 cm³/mol. The van der Waals surface area contributed by atoms with E-state index in [-0.39, 0.29) is 6.04 Å². The van der Waals surface area contributed by atoms with Crippen LogP contribution in [0.5, 0.6) is 0 Å². The minimum absolute atomic E-state index is 0.215. The topological polar surface area (TPSA) is 86.7 Å². The summed E-state index contributed by atoms with van der Waals surface area (Å²) in [6.07, 6.45) is 1.80. The molecule has 0 heterocycles. The van der Waals surface area contributed by atoms with Crippen LogP contribution in [0.4, 0.5) is 0 Å². The average Bonchev–Trinajstić information content (AvgIpc) is 2.22. The Morgan fingerprint density at radius 2 is 1.94 bits per heavy atom. The van der Waals surface area contributed by atoms with E-state index in [1.807, 2.05) is 6.92 Å². The van der Waals surface area contributed by atoms with Gasteiger partial charge in [0.2, 0.25) is 0 Å². The van der Waals surface area contributed by atoms with Crippen molar-refractivity contribution in [3.8, 4) is 0 Å². The Balaban J connectivity index is 4.69. The first kappa shape index (κ1) is 16.3. The summed E-state index contributed by atoms with van der Waals surface area (Å²) < 4.78 is 26.9. The highest BCUT2D eigenvalue weighted by Crippen LogP contribution is 2.06. The molecule has 2 N–H and O–H groups in total. The zero-order chi connectivity index (χ0) is 13.6. The Morgan fingerprint density at radius 3 is 2.29 bits per heavy atom. The van der Waals surface area contributed by atoms with Crippen LogP contribution in [0.2, 0.25) is 0 Å². The zero-order valence-corrected chi connectivity index (χ0v) is 11.6. The monoisotopic (exact) mass is 266 g/mol. The van der Waals surface area contributed by atoms with Gasteiger partial charge in [0.25, 0.3) is 10.2 Å². The van der Waals surface area contributed by atoms with Crippen molar-refractivity contribution in [2.45, 2.75) is 52.1 Å². The van der Waals surface area contributed by atoms with E-state index in [4.69, 9.17) is 5.11 Å². The largest absolute Gasteiger partial charge is 0.480 e. The average molecular weight is 266 g/mol. The van der Waals surface area contributed by atoms with Gasteiger partial charge in [-0.25, -0.2) is 0 Å². The fourth-order valence-electron chi connectivity index (χ4n) is 1.18. The third kappa shape index (κ3) is 5.47. The highest BCUT2D eigenvalue weighted by molar-refractivity contribution is 7.87. The fourth-order valence-corrected chi connectivity index (χ4v) is 2.48. The molecule has 0 amide bonds. The first-order valence-corrected chi connectivity index (χ1v) is 7.14. The van der Waals surface area contributed by atoms with Crippen LogP contribution in [0.15, 0.2) is 0 Å². The van der Waals surface area contributed by atoms with E-state index >= 15 is 0 Å². The SMILES string of the molecule is CCCCC(NS(=O)(=O)N(C)C(C)C)C(=O)O. The van der Waals surface area contributed by atoms with Crippen LogP contribution in [-0.4, -0.2) is 42.9 Å². The minimum Gasteiger partial charge on any atom is -0.480 e. The van der Waals surface area contributed by atoms with Crippen LogP contribution in [0.25, 0.3) is 0 Å². The van der Waals surface area contributed by atoms with Gasteiger partial charge in [-0.2, -0.15) is 17.4 Å². The zero-order valence-electron chi connectivity index (χ0n) is 10.8. The molecule has 6 nitrogen and oxygen atoms in total. The lowest BCUT2D eigenvalue weighted by molar-refractivity contribution is -0.139. The molecule has 102 valence electrons.